The van der Waals surface area contributed by atoms with Crippen LogP contribution in [0.1, 0.15) is 40.6 Å². The fourth-order valence-electron chi connectivity index (χ4n) is 3.39. The number of imidazole rings is 1. The minimum absolute atomic E-state index is 0.156. The first-order chi connectivity index (χ1) is 12.1. The second-order valence-corrected chi connectivity index (χ2v) is 6.59. The van der Waals surface area contributed by atoms with Crippen LogP contribution in [-0.2, 0) is 0 Å². The normalized spacial score (nSPS) is 17.8. The molecule has 0 spiro atoms. The molecule has 3 heterocycles. The van der Waals surface area contributed by atoms with Crippen molar-refractivity contribution in [1.29, 1.82) is 0 Å². The number of hydrogen-bond donors (Lipinski definition) is 1. The third-order valence-corrected chi connectivity index (χ3v) is 4.70. The molecule has 2 aromatic heterocycles. The fraction of sp³-hybridized carbons (Fsp3) is 0.316. The number of piperidine rings is 1. The van der Waals surface area contributed by atoms with Crippen molar-refractivity contribution in [2.75, 3.05) is 13.1 Å². The number of aromatic amines is 1. The molecule has 1 unspecified atom stereocenters. The van der Waals surface area contributed by atoms with Crippen LogP contribution in [0.2, 0.25) is 0 Å². The molecule has 0 radical (unpaired) electrons. The number of H-pyrrole nitrogens is 1. The van der Waals surface area contributed by atoms with E-state index in [0.29, 0.717) is 13.1 Å². The van der Waals surface area contributed by atoms with Gasteiger partial charge in [-0.05, 0) is 49.6 Å². The molecule has 1 aliphatic rings. The van der Waals surface area contributed by atoms with Crippen molar-refractivity contribution < 1.29 is 9.18 Å². The van der Waals surface area contributed by atoms with Gasteiger partial charge in [0, 0.05) is 19.0 Å². The Bertz CT molecular complexity index is 919. The molecular weight excluding hydrogens is 319 g/mol. The first kappa shape index (κ1) is 15.7. The number of hydrogen-bond acceptors (Lipinski definition) is 3. The number of amides is 1. The second kappa shape index (κ2) is 6.27. The SMILES string of the molecule is Cc1ccc2nc(C3CCCN(C(=O)c4ccc(F)cn4)C3)[nH]c2c1. The van der Waals surface area contributed by atoms with Gasteiger partial charge in [-0.2, -0.15) is 0 Å². The number of aryl methyl sites for hydroxylation is 1. The Balaban J connectivity index is 1.55. The van der Waals surface area contributed by atoms with Crippen LogP contribution in [0.4, 0.5) is 4.39 Å². The van der Waals surface area contributed by atoms with E-state index in [0.717, 1.165) is 35.9 Å². The predicted octanol–water partition coefficient (Wildman–Crippen LogP) is 3.43. The van der Waals surface area contributed by atoms with Gasteiger partial charge in [-0.15, -0.1) is 0 Å². The van der Waals surface area contributed by atoms with Crippen molar-refractivity contribution in [3.8, 4) is 0 Å². The summed E-state index contributed by atoms with van der Waals surface area (Å²) in [5.74, 6) is 0.498. The molecule has 4 rings (SSSR count). The van der Waals surface area contributed by atoms with Gasteiger partial charge in [-0.3, -0.25) is 4.79 Å². The van der Waals surface area contributed by atoms with E-state index < -0.39 is 5.82 Å². The monoisotopic (exact) mass is 338 g/mol. The average molecular weight is 338 g/mol. The molecule has 6 heteroatoms. The van der Waals surface area contributed by atoms with E-state index in [1.165, 1.54) is 17.7 Å². The topological polar surface area (TPSA) is 61.9 Å². The van der Waals surface area contributed by atoms with Crippen LogP contribution in [0, 0.1) is 12.7 Å². The van der Waals surface area contributed by atoms with Crippen molar-refractivity contribution in [1.82, 2.24) is 19.9 Å². The van der Waals surface area contributed by atoms with E-state index in [1.54, 1.807) is 4.90 Å². The highest BCUT2D eigenvalue weighted by Gasteiger charge is 2.28. The molecule has 1 saturated heterocycles. The first-order valence-electron chi connectivity index (χ1n) is 8.47. The van der Waals surface area contributed by atoms with E-state index in [-0.39, 0.29) is 17.5 Å². The number of fused-ring (bicyclic) bond motifs is 1. The van der Waals surface area contributed by atoms with Crippen LogP contribution < -0.4 is 0 Å². The molecule has 0 bridgehead atoms. The van der Waals surface area contributed by atoms with Gasteiger partial charge in [0.25, 0.3) is 5.91 Å². The van der Waals surface area contributed by atoms with Crippen LogP contribution in [0.15, 0.2) is 36.5 Å². The zero-order valence-electron chi connectivity index (χ0n) is 14.0. The molecule has 1 aliphatic heterocycles. The summed E-state index contributed by atoms with van der Waals surface area (Å²) in [6.45, 7) is 3.33. The van der Waals surface area contributed by atoms with E-state index >= 15 is 0 Å². The molecule has 0 aliphatic carbocycles. The zero-order chi connectivity index (χ0) is 17.4. The molecule has 1 amide bonds. The van der Waals surface area contributed by atoms with Gasteiger partial charge < -0.3 is 9.88 Å². The maximum Gasteiger partial charge on any atom is 0.272 e. The first-order valence-corrected chi connectivity index (χ1v) is 8.47. The van der Waals surface area contributed by atoms with Crippen molar-refractivity contribution in [2.24, 2.45) is 0 Å². The van der Waals surface area contributed by atoms with Crippen molar-refractivity contribution in [2.45, 2.75) is 25.7 Å². The lowest BCUT2D eigenvalue weighted by atomic mass is 9.97. The lowest BCUT2D eigenvalue weighted by Gasteiger charge is -2.31. The second-order valence-electron chi connectivity index (χ2n) is 6.59. The van der Waals surface area contributed by atoms with Crippen LogP contribution in [0.5, 0.6) is 0 Å². The molecule has 128 valence electrons. The molecule has 5 nitrogen and oxygen atoms in total. The number of pyridine rings is 1. The van der Waals surface area contributed by atoms with Crippen LogP contribution >= 0.6 is 0 Å². The molecule has 1 aromatic carbocycles. The standard InChI is InChI=1S/C19H19FN4O/c1-12-4-6-15-17(9-12)23-18(22-15)13-3-2-8-24(11-13)19(25)16-7-5-14(20)10-21-16/h4-7,9-10,13H,2-3,8,11H2,1H3,(H,22,23). The summed E-state index contributed by atoms with van der Waals surface area (Å²) in [6, 6.07) is 8.84. The molecule has 1 N–H and O–H groups in total. The fourth-order valence-corrected chi connectivity index (χ4v) is 3.39. The minimum atomic E-state index is -0.439. The van der Waals surface area contributed by atoms with Crippen molar-refractivity contribution in [3.63, 3.8) is 0 Å². The number of nitrogens with zero attached hydrogens (tertiary/aromatic N) is 3. The highest BCUT2D eigenvalue weighted by molar-refractivity contribution is 5.92. The summed E-state index contributed by atoms with van der Waals surface area (Å²) in [5, 5.41) is 0. The van der Waals surface area contributed by atoms with Gasteiger partial charge in [-0.1, -0.05) is 6.07 Å². The van der Waals surface area contributed by atoms with Crippen LogP contribution in [-0.4, -0.2) is 38.8 Å². The summed E-state index contributed by atoms with van der Waals surface area (Å²) in [7, 11) is 0. The Kier molecular flexibility index (Phi) is 3.95. The lowest BCUT2D eigenvalue weighted by molar-refractivity contribution is 0.0699. The van der Waals surface area contributed by atoms with E-state index in [4.69, 9.17) is 4.98 Å². The number of carbonyl (C=O) groups excluding carboxylic acids is 1. The number of benzene rings is 1. The number of halogens is 1. The smallest absolute Gasteiger partial charge is 0.272 e. The molecule has 3 aromatic rings. The van der Waals surface area contributed by atoms with Gasteiger partial charge in [0.05, 0.1) is 17.2 Å². The van der Waals surface area contributed by atoms with E-state index in [9.17, 15) is 9.18 Å². The largest absolute Gasteiger partial charge is 0.342 e. The molecule has 0 saturated carbocycles. The van der Waals surface area contributed by atoms with Gasteiger partial charge >= 0.3 is 0 Å². The van der Waals surface area contributed by atoms with Crippen molar-refractivity contribution in [3.05, 3.63) is 59.4 Å². The number of nitrogens with one attached hydrogen (secondary N) is 1. The highest BCUT2D eigenvalue weighted by atomic mass is 19.1. The molecule has 1 fully saturated rings. The third kappa shape index (κ3) is 3.12. The third-order valence-electron chi connectivity index (χ3n) is 4.70. The quantitative estimate of drug-likeness (QED) is 0.779. The number of likely N-dealkylation sites (tertiary alicyclic amines) is 1. The molecular formula is C19H19FN4O. The van der Waals surface area contributed by atoms with Gasteiger partial charge in [0.1, 0.15) is 17.3 Å². The van der Waals surface area contributed by atoms with Crippen LogP contribution in [0.3, 0.4) is 0 Å². The zero-order valence-corrected chi connectivity index (χ0v) is 14.0. The maximum absolute atomic E-state index is 13.0. The van der Waals surface area contributed by atoms with E-state index in [1.807, 2.05) is 12.1 Å². The van der Waals surface area contributed by atoms with Crippen molar-refractivity contribution >= 4 is 16.9 Å². The Morgan fingerprint density at radius 1 is 1.32 bits per heavy atom. The average Bonchev–Trinajstić information content (AvgIpc) is 3.05. The summed E-state index contributed by atoms with van der Waals surface area (Å²) < 4.78 is 13.0. The van der Waals surface area contributed by atoms with Crippen LogP contribution in [0.25, 0.3) is 11.0 Å². The Morgan fingerprint density at radius 3 is 3.00 bits per heavy atom. The predicted molar refractivity (Wildman–Crippen MR) is 92.9 cm³/mol. The summed E-state index contributed by atoms with van der Waals surface area (Å²) in [5.41, 5.74) is 3.44. The number of carbonyl (C=O) groups is 1. The minimum Gasteiger partial charge on any atom is -0.342 e. The molecule has 25 heavy (non-hydrogen) atoms. The van der Waals surface area contributed by atoms with Gasteiger partial charge in [0.2, 0.25) is 0 Å². The van der Waals surface area contributed by atoms with Gasteiger partial charge in [0.15, 0.2) is 0 Å². The van der Waals surface area contributed by atoms with Gasteiger partial charge in [-0.25, -0.2) is 14.4 Å². The molecule has 1 atom stereocenters. The summed E-state index contributed by atoms with van der Waals surface area (Å²) >= 11 is 0. The number of rotatable bonds is 2. The Hall–Kier alpha value is -2.76. The number of aromatic nitrogens is 3. The summed E-state index contributed by atoms with van der Waals surface area (Å²) in [4.78, 5) is 26.4. The lowest BCUT2D eigenvalue weighted by Crippen LogP contribution is -2.39. The van der Waals surface area contributed by atoms with E-state index in [2.05, 4.69) is 23.0 Å². The Morgan fingerprint density at radius 2 is 2.20 bits per heavy atom. The Labute approximate surface area is 144 Å². The summed E-state index contributed by atoms with van der Waals surface area (Å²) in [6.07, 6.45) is 2.98. The highest BCUT2D eigenvalue weighted by Crippen LogP contribution is 2.27. The maximum atomic E-state index is 13.0.